The number of hydrogen-bond acceptors (Lipinski definition) is 4. The Morgan fingerprint density at radius 2 is 1.96 bits per heavy atom. The van der Waals surface area contributed by atoms with Crippen LogP contribution in [0.1, 0.15) is 39.2 Å². The van der Waals surface area contributed by atoms with E-state index >= 15 is 0 Å². The molecule has 0 spiro atoms. The summed E-state index contributed by atoms with van der Waals surface area (Å²) in [5.74, 6) is 0.789. The van der Waals surface area contributed by atoms with Gasteiger partial charge in [0.1, 0.15) is 11.4 Å². The van der Waals surface area contributed by atoms with Crippen LogP contribution in [-0.2, 0) is 11.2 Å². The Hall–Kier alpha value is -1.75. The van der Waals surface area contributed by atoms with E-state index in [0.717, 1.165) is 11.3 Å². The van der Waals surface area contributed by atoms with Crippen LogP contribution in [0.2, 0.25) is 0 Å². The van der Waals surface area contributed by atoms with Gasteiger partial charge in [-0.15, -0.1) is 0 Å². The first-order valence-electron chi connectivity index (χ1n) is 8.04. The summed E-state index contributed by atoms with van der Waals surface area (Å²) in [4.78, 5) is 13.7. The normalized spacial score (nSPS) is 17.7. The minimum atomic E-state index is -0.787. The largest absolute Gasteiger partial charge is 0.497 e. The van der Waals surface area contributed by atoms with Gasteiger partial charge >= 0.3 is 6.09 Å². The number of ether oxygens (including phenoxy) is 2. The van der Waals surface area contributed by atoms with Crippen molar-refractivity contribution in [2.24, 2.45) is 0 Å². The number of piperidine rings is 1. The Morgan fingerprint density at radius 3 is 2.52 bits per heavy atom. The molecule has 1 aromatic carbocycles. The molecule has 1 fully saturated rings. The van der Waals surface area contributed by atoms with Crippen molar-refractivity contribution in [3.8, 4) is 5.75 Å². The summed E-state index contributed by atoms with van der Waals surface area (Å²) < 4.78 is 10.6. The number of carbonyl (C=O) groups is 1. The maximum Gasteiger partial charge on any atom is 0.410 e. The quantitative estimate of drug-likeness (QED) is 0.930. The minimum absolute atomic E-state index is 0.305. The summed E-state index contributed by atoms with van der Waals surface area (Å²) >= 11 is 0. The van der Waals surface area contributed by atoms with E-state index in [4.69, 9.17) is 9.47 Å². The third-order valence-corrected chi connectivity index (χ3v) is 4.01. The minimum Gasteiger partial charge on any atom is -0.497 e. The average Bonchev–Trinajstić information content (AvgIpc) is 2.46. The zero-order chi connectivity index (χ0) is 17.1. The average molecular weight is 321 g/mol. The number of amides is 1. The number of likely N-dealkylation sites (tertiary alicyclic amines) is 1. The van der Waals surface area contributed by atoms with Crippen molar-refractivity contribution in [3.63, 3.8) is 0 Å². The molecule has 128 valence electrons. The predicted molar refractivity (Wildman–Crippen MR) is 88.7 cm³/mol. The number of methoxy groups -OCH3 is 1. The summed E-state index contributed by atoms with van der Waals surface area (Å²) in [7, 11) is 1.63. The molecule has 0 unspecified atom stereocenters. The highest BCUT2D eigenvalue weighted by atomic mass is 16.6. The number of nitrogens with zero attached hydrogens (tertiary/aromatic N) is 1. The Labute approximate surface area is 138 Å². The van der Waals surface area contributed by atoms with Crippen molar-refractivity contribution in [2.45, 2.75) is 51.2 Å². The first kappa shape index (κ1) is 17.6. The zero-order valence-corrected chi connectivity index (χ0v) is 14.5. The molecule has 1 heterocycles. The molecule has 1 aliphatic heterocycles. The highest BCUT2D eigenvalue weighted by Crippen LogP contribution is 2.28. The summed E-state index contributed by atoms with van der Waals surface area (Å²) in [6.45, 7) is 6.58. The fourth-order valence-electron chi connectivity index (χ4n) is 2.77. The predicted octanol–water partition coefficient (Wildman–Crippen LogP) is 3.00. The van der Waals surface area contributed by atoms with Gasteiger partial charge in [-0.1, -0.05) is 12.1 Å². The number of aliphatic hydroxyl groups is 1. The highest BCUT2D eigenvalue weighted by molar-refractivity contribution is 5.68. The van der Waals surface area contributed by atoms with E-state index in [1.807, 2.05) is 45.0 Å². The Bertz CT molecular complexity index is 542. The molecular weight excluding hydrogens is 294 g/mol. The molecule has 1 saturated heterocycles. The van der Waals surface area contributed by atoms with E-state index < -0.39 is 11.2 Å². The van der Waals surface area contributed by atoms with Crippen LogP contribution in [0, 0.1) is 0 Å². The van der Waals surface area contributed by atoms with Gasteiger partial charge in [0.2, 0.25) is 0 Å². The van der Waals surface area contributed by atoms with Gasteiger partial charge in [-0.05, 0) is 51.3 Å². The molecule has 0 bridgehead atoms. The van der Waals surface area contributed by atoms with Crippen LogP contribution in [0.4, 0.5) is 4.79 Å². The van der Waals surface area contributed by atoms with Crippen molar-refractivity contribution < 1.29 is 19.4 Å². The van der Waals surface area contributed by atoms with Crippen LogP contribution in [0.25, 0.3) is 0 Å². The van der Waals surface area contributed by atoms with Crippen LogP contribution >= 0.6 is 0 Å². The van der Waals surface area contributed by atoms with E-state index in [9.17, 15) is 9.90 Å². The molecule has 0 aliphatic carbocycles. The molecule has 5 heteroatoms. The fraction of sp³-hybridized carbons (Fsp3) is 0.611. The third-order valence-electron chi connectivity index (χ3n) is 4.01. The van der Waals surface area contributed by atoms with Crippen molar-refractivity contribution in [1.29, 1.82) is 0 Å². The van der Waals surface area contributed by atoms with E-state index in [2.05, 4.69) is 0 Å². The lowest BCUT2D eigenvalue weighted by atomic mass is 9.85. The molecular formula is C18H27NO4. The first-order valence-corrected chi connectivity index (χ1v) is 8.04. The smallest absolute Gasteiger partial charge is 0.410 e. The Morgan fingerprint density at radius 1 is 1.30 bits per heavy atom. The van der Waals surface area contributed by atoms with Crippen LogP contribution in [0.3, 0.4) is 0 Å². The second-order valence-corrected chi connectivity index (χ2v) is 7.22. The maximum absolute atomic E-state index is 12.1. The second kappa shape index (κ2) is 6.79. The first-order chi connectivity index (χ1) is 10.7. The van der Waals surface area contributed by atoms with E-state index in [1.165, 1.54) is 0 Å². The number of rotatable bonds is 3. The monoisotopic (exact) mass is 321 g/mol. The molecule has 1 amide bonds. The molecule has 0 atom stereocenters. The van der Waals surface area contributed by atoms with Gasteiger partial charge < -0.3 is 19.5 Å². The molecule has 1 aromatic rings. The lowest BCUT2D eigenvalue weighted by Crippen LogP contribution is -2.49. The molecule has 5 nitrogen and oxygen atoms in total. The van der Waals surface area contributed by atoms with E-state index in [0.29, 0.717) is 32.4 Å². The van der Waals surface area contributed by atoms with Crippen LogP contribution in [-0.4, -0.2) is 47.5 Å². The summed E-state index contributed by atoms with van der Waals surface area (Å²) in [5.41, 5.74) is -0.242. The summed E-state index contributed by atoms with van der Waals surface area (Å²) in [5, 5.41) is 10.8. The van der Waals surface area contributed by atoms with Crippen molar-refractivity contribution in [1.82, 2.24) is 4.90 Å². The molecule has 1 N–H and O–H groups in total. The Kier molecular flexibility index (Phi) is 5.19. The molecule has 2 rings (SSSR count). The van der Waals surface area contributed by atoms with Crippen LogP contribution in [0.5, 0.6) is 5.75 Å². The lowest BCUT2D eigenvalue weighted by Gasteiger charge is -2.38. The van der Waals surface area contributed by atoms with Crippen LogP contribution in [0.15, 0.2) is 24.3 Å². The van der Waals surface area contributed by atoms with E-state index in [1.54, 1.807) is 12.0 Å². The van der Waals surface area contributed by atoms with Gasteiger partial charge in [0.15, 0.2) is 0 Å². The van der Waals surface area contributed by atoms with E-state index in [-0.39, 0.29) is 6.09 Å². The number of hydrogen-bond donors (Lipinski definition) is 1. The van der Waals surface area contributed by atoms with Gasteiger partial charge in [0.25, 0.3) is 0 Å². The van der Waals surface area contributed by atoms with Crippen molar-refractivity contribution >= 4 is 6.09 Å². The summed E-state index contributed by atoms with van der Waals surface area (Å²) in [6, 6.07) is 7.74. The number of carbonyl (C=O) groups excluding carboxylic acids is 1. The maximum atomic E-state index is 12.1. The second-order valence-electron chi connectivity index (χ2n) is 7.22. The van der Waals surface area contributed by atoms with Crippen molar-refractivity contribution in [2.75, 3.05) is 20.2 Å². The fourth-order valence-corrected chi connectivity index (χ4v) is 2.77. The molecule has 0 aromatic heterocycles. The third kappa shape index (κ3) is 5.13. The van der Waals surface area contributed by atoms with Gasteiger partial charge in [-0.3, -0.25) is 0 Å². The van der Waals surface area contributed by atoms with Gasteiger partial charge in [0, 0.05) is 19.5 Å². The summed E-state index contributed by atoms with van der Waals surface area (Å²) in [6.07, 6.45) is 1.35. The topological polar surface area (TPSA) is 59.0 Å². The SMILES string of the molecule is COc1cccc(CC2(O)CCN(C(=O)OC(C)(C)C)CC2)c1. The lowest BCUT2D eigenvalue weighted by molar-refractivity contribution is -0.0315. The van der Waals surface area contributed by atoms with Crippen LogP contribution < -0.4 is 4.74 Å². The molecule has 0 radical (unpaired) electrons. The number of benzene rings is 1. The Balaban J connectivity index is 1.93. The van der Waals surface area contributed by atoms with Gasteiger partial charge in [-0.25, -0.2) is 4.79 Å². The van der Waals surface area contributed by atoms with Gasteiger partial charge in [-0.2, -0.15) is 0 Å². The van der Waals surface area contributed by atoms with Gasteiger partial charge in [0.05, 0.1) is 12.7 Å². The zero-order valence-electron chi connectivity index (χ0n) is 14.5. The molecule has 1 aliphatic rings. The van der Waals surface area contributed by atoms with Crippen molar-refractivity contribution in [3.05, 3.63) is 29.8 Å². The standard InChI is InChI=1S/C18H27NO4/c1-17(2,3)23-16(20)19-10-8-18(21,9-11-19)13-14-6-5-7-15(12-14)22-4/h5-7,12,21H,8-11,13H2,1-4H3. The highest BCUT2D eigenvalue weighted by Gasteiger charge is 2.35. The molecule has 23 heavy (non-hydrogen) atoms. The molecule has 0 saturated carbocycles.